The van der Waals surface area contributed by atoms with Crippen LogP contribution >= 0.6 is 0 Å². The third-order valence-electron chi connectivity index (χ3n) is 3.63. The monoisotopic (exact) mass is 267 g/mol. The van der Waals surface area contributed by atoms with Crippen LogP contribution in [0.3, 0.4) is 0 Å². The Morgan fingerprint density at radius 3 is 2.53 bits per heavy atom. The summed E-state index contributed by atoms with van der Waals surface area (Å²) in [4.78, 5) is 25.8. The van der Waals surface area contributed by atoms with Crippen molar-refractivity contribution >= 4 is 12.0 Å². The second-order valence-corrected chi connectivity index (χ2v) is 6.14. The van der Waals surface area contributed by atoms with E-state index in [1.165, 1.54) is 4.90 Å². The van der Waals surface area contributed by atoms with Crippen molar-refractivity contribution in [3.63, 3.8) is 0 Å². The molecule has 19 heavy (non-hydrogen) atoms. The first-order chi connectivity index (χ1) is 8.72. The van der Waals surface area contributed by atoms with E-state index in [1.807, 2.05) is 34.6 Å². The molecule has 1 heterocycles. The van der Waals surface area contributed by atoms with E-state index in [0.717, 1.165) is 6.42 Å². The summed E-state index contributed by atoms with van der Waals surface area (Å²) in [5, 5.41) is 0. The lowest BCUT2D eigenvalue weighted by atomic mass is 9.88. The second-order valence-electron chi connectivity index (χ2n) is 6.14. The molecule has 0 N–H and O–H groups in total. The first kappa shape index (κ1) is 15.7. The van der Waals surface area contributed by atoms with Crippen LogP contribution in [0.25, 0.3) is 0 Å². The van der Waals surface area contributed by atoms with Crippen molar-refractivity contribution in [2.75, 3.05) is 0 Å². The first-order valence-corrected chi connectivity index (χ1v) is 6.89. The third kappa shape index (κ3) is 3.17. The number of carbonyl (C=O) groups excluding carboxylic acids is 2. The van der Waals surface area contributed by atoms with E-state index >= 15 is 0 Å². The van der Waals surface area contributed by atoms with Crippen molar-refractivity contribution in [2.45, 2.75) is 59.1 Å². The van der Waals surface area contributed by atoms with Gasteiger partial charge >= 0.3 is 6.09 Å². The maximum absolute atomic E-state index is 12.5. The molecule has 0 aromatic rings. The molecular formula is C15H25NO3. The fourth-order valence-corrected chi connectivity index (χ4v) is 2.82. The van der Waals surface area contributed by atoms with Gasteiger partial charge in [-0.2, -0.15) is 0 Å². The summed E-state index contributed by atoms with van der Waals surface area (Å²) >= 11 is 0. The lowest BCUT2D eigenvalue weighted by Crippen LogP contribution is -2.49. The average Bonchev–Trinajstić information content (AvgIpc) is 2.54. The van der Waals surface area contributed by atoms with E-state index in [0.29, 0.717) is 6.42 Å². The van der Waals surface area contributed by atoms with Gasteiger partial charge in [0.1, 0.15) is 5.60 Å². The average molecular weight is 267 g/mol. The molecule has 0 aromatic heterocycles. The highest BCUT2D eigenvalue weighted by Gasteiger charge is 2.52. The van der Waals surface area contributed by atoms with E-state index < -0.39 is 11.7 Å². The molecule has 0 unspecified atom stereocenters. The zero-order chi connectivity index (χ0) is 14.8. The van der Waals surface area contributed by atoms with Gasteiger partial charge < -0.3 is 4.74 Å². The maximum Gasteiger partial charge on any atom is 0.417 e. The summed E-state index contributed by atoms with van der Waals surface area (Å²) in [6, 6.07) is -0.210. The quantitative estimate of drug-likeness (QED) is 0.717. The smallest absolute Gasteiger partial charge is 0.417 e. The van der Waals surface area contributed by atoms with E-state index in [9.17, 15) is 9.59 Å². The van der Waals surface area contributed by atoms with Gasteiger partial charge in [0, 0.05) is 5.92 Å². The Morgan fingerprint density at radius 1 is 1.47 bits per heavy atom. The van der Waals surface area contributed by atoms with Gasteiger partial charge in [-0.25, -0.2) is 9.69 Å². The third-order valence-corrected chi connectivity index (χ3v) is 3.63. The normalized spacial score (nSPS) is 23.4. The van der Waals surface area contributed by atoms with Gasteiger partial charge in [0.2, 0.25) is 5.91 Å². The molecule has 2 atom stereocenters. The van der Waals surface area contributed by atoms with Gasteiger partial charge in [-0.3, -0.25) is 4.79 Å². The van der Waals surface area contributed by atoms with Crippen LogP contribution < -0.4 is 0 Å². The molecule has 0 spiro atoms. The number of carbonyl (C=O) groups is 2. The SMILES string of the molecule is C=CCC[C@H](C)C(=O)N1C(=O)OC(C)(C)[C@@H]1C(C)C. The van der Waals surface area contributed by atoms with Crippen molar-refractivity contribution in [3.8, 4) is 0 Å². The van der Waals surface area contributed by atoms with Crippen LogP contribution in [-0.4, -0.2) is 28.5 Å². The lowest BCUT2D eigenvalue weighted by Gasteiger charge is -2.32. The number of amides is 2. The summed E-state index contributed by atoms with van der Waals surface area (Å²) in [5.74, 6) is -0.172. The first-order valence-electron chi connectivity index (χ1n) is 6.89. The molecule has 1 aliphatic heterocycles. The fourth-order valence-electron chi connectivity index (χ4n) is 2.82. The van der Waals surface area contributed by atoms with Crippen molar-refractivity contribution in [1.29, 1.82) is 0 Å². The number of cyclic esters (lactones) is 1. The van der Waals surface area contributed by atoms with E-state index in [1.54, 1.807) is 6.08 Å². The van der Waals surface area contributed by atoms with Crippen molar-refractivity contribution in [3.05, 3.63) is 12.7 Å². The molecule has 0 radical (unpaired) electrons. The number of hydrogen-bond donors (Lipinski definition) is 0. The Balaban J connectivity index is 2.93. The van der Waals surface area contributed by atoms with Crippen LogP contribution in [0.2, 0.25) is 0 Å². The number of hydrogen-bond acceptors (Lipinski definition) is 3. The minimum atomic E-state index is -0.626. The molecule has 108 valence electrons. The zero-order valence-electron chi connectivity index (χ0n) is 12.6. The standard InChI is InChI=1S/C15H25NO3/c1-7-8-9-11(4)13(17)16-12(10(2)3)15(5,6)19-14(16)18/h7,10-12H,1,8-9H2,2-6H3/t11-,12-/m0/s1. The van der Waals surface area contributed by atoms with Gasteiger partial charge in [-0.1, -0.05) is 26.8 Å². The van der Waals surface area contributed by atoms with E-state index in [2.05, 4.69) is 6.58 Å². The largest absolute Gasteiger partial charge is 0.441 e. The molecular weight excluding hydrogens is 242 g/mol. The minimum absolute atomic E-state index is 0.142. The van der Waals surface area contributed by atoms with Gasteiger partial charge in [0.25, 0.3) is 0 Å². The van der Waals surface area contributed by atoms with Gasteiger partial charge in [0.15, 0.2) is 0 Å². The van der Waals surface area contributed by atoms with Gasteiger partial charge in [0.05, 0.1) is 6.04 Å². The Bertz CT molecular complexity index is 374. The van der Waals surface area contributed by atoms with Gasteiger partial charge in [-0.05, 0) is 32.6 Å². The molecule has 1 fully saturated rings. The topological polar surface area (TPSA) is 46.6 Å². The van der Waals surface area contributed by atoms with Crippen LogP contribution in [-0.2, 0) is 9.53 Å². The van der Waals surface area contributed by atoms with Crippen molar-refractivity contribution < 1.29 is 14.3 Å². The Hall–Kier alpha value is -1.32. The molecule has 1 rings (SSSR count). The molecule has 2 amide bonds. The number of nitrogens with zero attached hydrogens (tertiary/aromatic N) is 1. The van der Waals surface area contributed by atoms with Gasteiger partial charge in [-0.15, -0.1) is 6.58 Å². The fraction of sp³-hybridized carbons (Fsp3) is 0.733. The summed E-state index contributed by atoms with van der Waals surface area (Å²) in [7, 11) is 0. The van der Waals surface area contributed by atoms with E-state index in [-0.39, 0.29) is 23.8 Å². The van der Waals surface area contributed by atoms with E-state index in [4.69, 9.17) is 4.74 Å². The summed E-state index contributed by atoms with van der Waals surface area (Å²) in [5.41, 5.74) is -0.626. The van der Waals surface area contributed by atoms with Crippen LogP contribution in [0.1, 0.15) is 47.5 Å². The predicted octanol–water partition coefficient (Wildman–Crippen LogP) is 3.37. The lowest BCUT2D eigenvalue weighted by molar-refractivity contribution is -0.134. The molecule has 0 saturated carbocycles. The van der Waals surface area contributed by atoms with Crippen LogP contribution in [0.15, 0.2) is 12.7 Å². The second kappa shape index (κ2) is 5.76. The number of ether oxygens (including phenoxy) is 1. The Morgan fingerprint density at radius 2 is 2.05 bits per heavy atom. The minimum Gasteiger partial charge on any atom is -0.441 e. The molecule has 0 aliphatic carbocycles. The van der Waals surface area contributed by atoms with Crippen LogP contribution in [0, 0.1) is 11.8 Å². The Labute approximate surface area is 115 Å². The number of imide groups is 1. The highest BCUT2D eigenvalue weighted by molar-refractivity contribution is 5.95. The predicted molar refractivity (Wildman–Crippen MR) is 74.6 cm³/mol. The molecule has 0 bridgehead atoms. The summed E-state index contributed by atoms with van der Waals surface area (Å²) < 4.78 is 5.36. The number of allylic oxidation sites excluding steroid dienone is 1. The van der Waals surface area contributed by atoms with Crippen LogP contribution in [0.5, 0.6) is 0 Å². The molecule has 0 aromatic carbocycles. The number of rotatable bonds is 5. The van der Waals surface area contributed by atoms with Crippen molar-refractivity contribution in [1.82, 2.24) is 4.90 Å². The molecule has 4 heteroatoms. The molecule has 1 saturated heterocycles. The van der Waals surface area contributed by atoms with Crippen LogP contribution in [0.4, 0.5) is 4.79 Å². The Kier molecular flexibility index (Phi) is 4.77. The summed E-state index contributed by atoms with van der Waals surface area (Å²) in [6.45, 7) is 13.2. The molecule has 4 nitrogen and oxygen atoms in total. The summed E-state index contributed by atoms with van der Waals surface area (Å²) in [6.07, 6.45) is 2.75. The van der Waals surface area contributed by atoms with Crippen molar-refractivity contribution in [2.24, 2.45) is 11.8 Å². The highest BCUT2D eigenvalue weighted by atomic mass is 16.6. The molecule has 1 aliphatic rings. The maximum atomic E-state index is 12.5. The highest BCUT2D eigenvalue weighted by Crippen LogP contribution is 2.35. The zero-order valence-corrected chi connectivity index (χ0v) is 12.6.